The van der Waals surface area contributed by atoms with E-state index >= 15 is 0 Å². The monoisotopic (exact) mass is 399 g/mol. The van der Waals surface area contributed by atoms with Crippen molar-refractivity contribution in [1.82, 2.24) is 15.1 Å². The van der Waals surface area contributed by atoms with E-state index in [0.717, 1.165) is 36.9 Å². The van der Waals surface area contributed by atoms with Gasteiger partial charge in [-0.3, -0.25) is 9.89 Å². The van der Waals surface area contributed by atoms with Crippen LogP contribution in [-0.2, 0) is 6.42 Å². The zero-order chi connectivity index (χ0) is 20.8. The van der Waals surface area contributed by atoms with Crippen LogP contribution < -0.4 is 0 Å². The molecule has 0 aliphatic carbocycles. The molecule has 2 heterocycles. The predicted octanol–water partition coefficient (Wildman–Crippen LogP) is 3.99. The van der Waals surface area contributed by atoms with Crippen LogP contribution in [-0.4, -0.2) is 45.7 Å². The average molecular weight is 399 g/mol. The number of nitrogens with one attached hydrogen (secondary N) is 1. The van der Waals surface area contributed by atoms with E-state index in [1.165, 1.54) is 29.2 Å². The van der Waals surface area contributed by atoms with E-state index in [0.29, 0.717) is 12.2 Å². The van der Waals surface area contributed by atoms with Crippen molar-refractivity contribution in [2.45, 2.75) is 25.7 Å². The molecule has 0 saturated carbocycles. The Bertz CT molecular complexity index is 995. The summed E-state index contributed by atoms with van der Waals surface area (Å²) in [6, 6.07) is 10.9. The molecule has 0 atom stereocenters. The van der Waals surface area contributed by atoms with Crippen molar-refractivity contribution in [3.63, 3.8) is 0 Å². The molecular formula is C21H22FN3O4. The quantitative estimate of drug-likeness (QED) is 0.530. The summed E-state index contributed by atoms with van der Waals surface area (Å²) in [6.45, 7) is 0.541. The number of benzene rings is 1. The van der Waals surface area contributed by atoms with E-state index in [1.807, 2.05) is 12.1 Å². The lowest BCUT2D eigenvalue weighted by Crippen LogP contribution is -2.27. The number of aromatic nitrogens is 2. The molecule has 0 fully saturated rings. The Balaban J connectivity index is 1.40. The van der Waals surface area contributed by atoms with Gasteiger partial charge in [-0.1, -0.05) is 18.6 Å². The van der Waals surface area contributed by atoms with Crippen molar-refractivity contribution >= 4 is 11.9 Å². The highest BCUT2D eigenvalue weighted by molar-refractivity contribution is 5.93. The van der Waals surface area contributed by atoms with Crippen LogP contribution in [0, 0.1) is 5.82 Å². The lowest BCUT2D eigenvalue weighted by atomic mass is 10.1. The summed E-state index contributed by atoms with van der Waals surface area (Å²) in [6.07, 6.45) is 3.43. The molecule has 29 heavy (non-hydrogen) atoms. The summed E-state index contributed by atoms with van der Waals surface area (Å²) < 4.78 is 18.4. The SMILES string of the molecule is CN(CCCCCc1cc(-c2cccc(F)c2)n[nH]1)C(=O)c1ccc(C(=O)O)o1. The highest BCUT2D eigenvalue weighted by Crippen LogP contribution is 2.19. The van der Waals surface area contributed by atoms with Crippen molar-refractivity contribution in [3.05, 3.63) is 65.5 Å². The molecule has 0 unspecified atom stereocenters. The molecule has 3 rings (SSSR count). The van der Waals surface area contributed by atoms with Gasteiger partial charge in [0.05, 0.1) is 5.69 Å². The zero-order valence-corrected chi connectivity index (χ0v) is 16.0. The van der Waals surface area contributed by atoms with Gasteiger partial charge in [0.25, 0.3) is 5.91 Å². The van der Waals surface area contributed by atoms with E-state index in [2.05, 4.69) is 10.2 Å². The molecule has 2 N–H and O–H groups in total. The first-order valence-electron chi connectivity index (χ1n) is 9.33. The van der Waals surface area contributed by atoms with Gasteiger partial charge in [0, 0.05) is 24.8 Å². The van der Waals surface area contributed by atoms with Crippen molar-refractivity contribution in [1.29, 1.82) is 0 Å². The van der Waals surface area contributed by atoms with Crippen LogP contribution in [0.5, 0.6) is 0 Å². The summed E-state index contributed by atoms with van der Waals surface area (Å²) in [5, 5.41) is 16.1. The number of carbonyl (C=O) groups excluding carboxylic acids is 1. The van der Waals surface area contributed by atoms with Crippen LogP contribution in [0.4, 0.5) is 4.39 Å². The largest absolute Gasteiger partial charge is 0.475 e. The number of aromatic amines is 1. The average Bonchev–Trinajstić information content (AvgIpc) is 3.37. The molecule has 2 aromatic heterocycles. The first-order valence-corrected chi connectivity index (χ1v) is 9.33. The van der Waals surface area contributed by atoms with Gasteiger partial charge < -0.3 is 14.4 Å². The molecule has 0 saturated heterocycles. The molecule has 3 aromatic rings. The van der Waals surface area contributed by atoms with Gasteiger partial charge in [0.2, 0.25) is 5.76 Å². The van der Waals surface area contributed by atoms with Gasteiger partial charge in [0.15, 0.2) is 5.76 Å². The summed E-state index contributed by atoms with van der Waals surface area (Å²) in [5.74, 6) is -2.07. The third-order valence-corrected chi connectivity index (χ3v) is 4.57. The molecule has 0 aliphatic heterocycles. The topological polar surface area (TPSA) is 99.4 Å². The summed E-state index contributed by atoms with van der Waals surface area (Å²) in [5.41, 5.74) is 2.42. The number of rotatable bonds is 9. The molecule has 7 nitrogen and oxygen atoms in total. The number of aromatic carboxylic acids is 1. The molecule has 1 amide bonds. The predicted molar refractivity (Wildman–Crippen MR) is 104 cm³/mol. The number of aryl methyl sites for hydroxylation is 1. The number of furan rings is 1. The number of carboxylic acids is 1. The Morgan fingerprint density at radius 1 is 1.14 bits per heavy atom. The molecule has 152 valence electrons. The van der Waals surface area contributed by atoms with Gasteiger partial charge in [-0.15, -0.1) is 0 Å². The normalized spacial score (nSPS) is 10.8. The Kier molecular flexibility index (Phi) is 6.43. The maximum Gasteiger partial charge on any atom is 0.371 e. The Morgan fingerprint density at radius 3 is 2.66 bits per heavy atom. The Hall–Kier alpha value is -3.42. The third kappa shape index (κ3) is 5.31. The highest BCUT2D eigenvalue weighted by atomic mass is 19.1. The van der Waals surface area contributed by atoms with Crippen LogP contribution >= 0.6 is 0 Å². The molecule has 8 heteroatoms. The van der Waals surface area contributed by atoms with E-state index in [1.54, 1.807) is 13.1 Å². The van der Waals surface area contributed by atoms with Crippen molar-refractivity contribution in [2.24, 2.45) is 0 Å². The van der Waals surface area contributed by atoms with E-state index in [9.17, 15) is 14.0 Å². The number of unbranched alkanes of at least 4 members (excludes halogenated alkanes) is 2. The second kappa shape index (κ2) is 9.18. The van der Waals surface area contributed by atoms with E-state index < -0.39 is 5.97 Å². The molecule has 0 bridgehead atoms. The number of carbonyl (C=O) groups is 2. The van der Waals surface area contributed by atoms with Gasteiger partial charge in [0.1, 0.15) is 5.82 Å². The van der Waals surface area contributed by atoms with Crippen molar-refractivity contribution < 1.29 is 23.5 Å². The first-order chi connectivity index (χ1) is 13.9. The van der Waals surface area contributed by atoms with Crippen molar-refractivity contribution in [3.8, 4) is 11.3 Å². The minimum atomic E-state index is -1.20. The van der Waals surface area contributed by atoms with Crippen molar-refractivity contribution in [2.75, 3.05) is 13.6 Å². The number of H-pyrrole nitrogens is 1. The molecule has 0 spiro atoms. The van der Waals surface area contributed by atoms with Crippen LogP contribution in [0.1, 0.15) is 46.1 Å². The van der Waals surface area contributed by atoms with Crippen LogP contribution in [0.25, 0.3) is 11.3 Å². The third-order valence-electron chi connectivity index (χ3n) is 4.57. The van der Waals surface area contributed by atoms with E-state index in [4.69, 9.17) is 9.52 Å². The fraction of sp³-hybridized carbons (Fsp3) is 0.286. The second-order valence-electron chi connectivity index (χ2n) is 6.80. The highest BCUT2D eigenvalue weighted by Gasteiger charge is 2.18. The van der Waals surface area contributed by atoms with E-state index in [-0.39, 0.29) is 23.2 Å². The number of hydrogen-bond acceptors (Lipinski definition) is 4. The zero-order valence-electron chi connectivity index (χ0n) is 16.0. The minimum absolute atomic E-state index is 0.0206. The molecular weight excluding hydrogens is 377 g/mol. The van der Waals surface area contributed by atoms with Gasteiger partial charge in [-0.05, 0) is 49.6 Å². The molecule has 0 radical (unpaired) electrons. The summed E-state index contributed by atoms with van der Waals surface area (Å²) in [7, 11) is 1.66. The minimum Gasteiger partial charge on any atom is -0.475 e. The Labute approximate surface area is 167 Å². The standard InChI is InChI=1S/C21H22FN3O4/c1-25(20(26)18-9-10-19(29-18)21(27)28)11-4-2-3-8-16-13-17(24-23-16)14-6-5-7-15(22)12-14/h5-7,9-10,12-13H,2-4,8,11H2,1H3,(H,23,24)(H,27,28). The number of nitrogens with zero attached hydrogens (tertiary/aromatic N) is 2. The fourth-order valence-electron chi connectivity index (χ4n) is 2.98. The maximum atomic E-state index is 13.3. The lowest BCUT2D eigenvalue weighted by molar-refractivity contribution is 0.0653. The van der Waals surface area contributed by atoms with Crippen LogP contribution in [0.15, 0.2) is 46.9 Å². The first kappa shape index (κ1) is 20.3. The van der Waals surface area contributed by atoms with Gasteiger partial charge in [-0.25, -0.2) is 9.18 Å². The second-order valence-corrected chi connectivity index (χ2v) is 6.80. The number of carboxylic acid groups (broad SMARTS) is 1. The number of hydrogen-bond donors (Lipinski definition) is 2. The molecule has 1 aromatic carbocycles. The number of halogens is 1. The fourth-order valence-corrected chi connectivity index (χ4v) is 2.98. The Morgan fingerprint density at radius 2 is 1.93 bits per heavy atom. The summed E-state index contributed by atoms with van der Waals surface area (Å²) >= 11 is 0. The number of amides is 1. The van der Waals surface area contributed by atoms with Crippen LogP contribution in [0.3, 0.4) is 0 Å². The molecule has 0 aliphatic rings. The van der Waals surface area contributed by atoms with Gasteiger partial charge in [-0.2, -0.15) is 5.10 Å². The summed E-state index contributed by atoms with van der Waals surface area (Å²) in [4.78, 5) is 24.6. The maximum absolute atomic E-state index is 13.3. The van der Waals surface area contributed by atoms with Gasteiger partial charge >= 0.3 is 5.97 Å². The lowest BCUT2D eigenvalue weighted by Gasteiger charge is -2.15. The smallest absolute Gasteiger partial charge is 0.371 e. The van der Waals surface area contributed by atoms with Crippen LogP contribution in [0.2, 0.25) is 0 Å².